The molecule has 2 nitrogen and oxygen atoms in total. The Morgan fingerprint density at radius 1 is 1.06 bits per heavy atom. The van der Waals surface area contributed by atoms with Gasteiger partial charge in [-0.15, -0.1) is 0 Å². The van der Waals surface area contributed by atoms with Gasteiger partial charge in [-0.3, -0.25) is 4.79 Å². The Balaban J connectivity index is 2.73. The van der Waals surface area contributed by atoms with E-state index in [0.29, 0.717) is 19.3 Å². The summed E-state index contributed by atoms with van der Waals surface area (Å²) < 4.78 is 0. The number of benzene rings is 1. The zero-order valence-corrected chi connectivity index (χ0v) is 11.0. The van der Waals surface area contributed by atoms with Crippen LogP contribution in [0, 0.1) is 0 Å². The Bertz CT molecular complexity index is 361. The van der Waals surface area contributed by atoms with Crippen molar-refractivity contribution in [1.82, 2.24) is 0 Å². The molecule has 0 fully saturated rings. The fourth-order valence-corrected chi connectivity index (χ4v) is 1.89. The summed E-state index contributed by atoms with van der Waals surface area (Å²) in [5.74, 6) is -0.0771. The van der Waals surface area contributed by atoms with Crippen molar-refractivity contribution >= 4 is 5.78 Å². The van der Waals surface area contributed by atoms with E-state index in [9.17, 15) is 9.90 Å². The predicted octanol–water partition coefficient (Wildman–Crippen LogP) is 2.91. The Morgan fingerprint density at radius 2 is 1.53 bits per heavy atom. The fourth-order valence-electron chi connectivity index (χ4n) is 1.89. The lowest BCUT2D eigenvalue weighted by molar-refractivity contribution is -0.137. The summed E-state index contributed by atoms with van der Waals surface area (Å²) in [5.41, 5.74) is 1.10. The third-order valence-corrected chi connectivity index (χ3v) is 3.48. The highest BCUT2D eigenvalue weighted by Gasteiger charge is 2.31. The number of hydrogen-bond donors (Lipinski definition) is 1. The molecule has 0 atom stereocenters. The highest BCUT2D eigenvalue weighted by molar-refractivity contribution is 5.88. The van der Waals surface area contributed by atoms with Gasteiger partial charge in [0.25, 0.3) is 0 Å². The first kappa shape index (κ1) is 13.9. The van der Waals surface area contributed by atoms with Gasteiger partial charge in [0.1, 0.15) is 5.60 Å². The Morgan fingerprint density at radius 3 is 1.94 bits per heavy atom. The molecule has 0 radical (unpaired) electrons. The van der Waals surface area contributed by atoms with Gasteiger partial charge in [0.2, 0.25) is 0 Å². The zero-order chi connectivity index (χ0) is 12.9. The van der Waals surface area contributed by atoms with Crippen molar-refractivity contribution in [3.63, 3.8) is 0 Å². The van der Waals surface area contributed by atoms with E-state index in [4.69, 9.17) is 0 Å². The normalized spacial score (nSPS) is 11.5. The van der Waals surface area contributed by atoms with Crippen LogP contribution in [0.3, 0.4) is 0 Å². The number of carbonyl (C=O) groups excluding carboxylic acids is 1. The number of rotatable bonds is 6. The monoisotopic (exact) mass is 234 g/mol. The van der Waals surface area contributed by atoms with Crippen molar-refractivity contribution in [3.8, 4) is 0 Å². The van der Waals surface area contributed by atoms with E-state index >= 15 is 0 Å². The quantitative estimate of drug-likeness (QED) is 0.821. The van der Waals surface area contributed by atoms with Gasteiger partial charge in [0.15, 0.2) is 5.78 Å². The van der Waals surface area contributed by atoms with Crippen molar-refractivity contribution in [2.75, 3.05) is 0 Å². The number of hydrogen-bond acceptors (Lipinski definition) is 2. The molecule has 1 N–H and O–H groups in total. The van der Waals surface area contributed by atoms with Gasteiger partial charge in [-0.25, -0.2) is 0 Å². The summed E-state index contributed by atoms with van der Waals surface area (Å²) in [6, 6.07) is 8.03. The molecule has 0 aliphatic carbocycles. The van der Waals surface area contributed by atoms with Crippen LogP contribution in [0.1, 0.15) is 44.7 Å². The maximum absolute atomic E-state index is 12.0. The molecular formula is C15H22O2. The molecule has 2 heteroatoms. The minimum absolute atomic E-state index is 0.0771. The van der Waals surface area contributed by atoms with E-state index in [1.165, 1.54) is 5.56 Å². The molecule has 0 bridgehead atoms. The van der Waals surface area contributed by atoms with Crippen molar-refractivity contribution in [1.29, 1.82) is 0 Å². The zero-order valence-electron chi connectivity index (χ0n) is 11.0. The summed E-state index contributed by atoms with van der Waals surface area (Å²) in [6.07, 6.45) is 2.29. The van der Waals surface area contributed by atoms with E-state index in [1.807, 2.05) is 38.1 Å². The lowest BCUT2D eigenvalue weighted by atomic mass is 9.88. The molecule has 1 aromatic rings. The molecule has 0 aliphatic rings. The molecule has 0 aliphatic heterocycles. The SMILES string of the molecule is CCc1ccc(CC(=O)C(O)(CC)CC)cc1. The molecule has 94 valence electrons. The summed E-state index contributed by atoms with van der Waals surface area (Å²) in [5, 5.41) is 10.1. The number of aryl methyl sites for hydroxylation is 1. The van der Waals surface area contributed by atoms with Gasteiger partial charge in [-0.05, 0) is 30.4 Å². The third-order valence-electron chi connectivity index (χ3n) is 3.48. The van der Waals surface area contributed by atoms with Gasteiger partial charge < -0.3 is 5.11 Å². The number of Topliss-reactive ketones (excluding diaryl/α,β-unsaturated/α-hetero) is 1. The predicted molar refractivity (Wildman–Crippen MR) is 70.1 cm³/mol. The van der Waals surface area contributed by atoms with E-state index < -0.39 is 5.60 Å². The molecule has 0 unspecified atom stereocenters. The molecule has 0 amide bonds. The van der Waals surface area contributed by atoms with E-state index in [2.05, 4.69) is 6.92 Å². The molecule has 17 heavy (non-hydrogen) atoms. The summed E-state index contributed by atoms with van der Waals surface area (Å²) in [7, 11) is 0. The van der Waals surface area contributed by atoms with Crippen molar-refractivity contribution in [2.24, 2.45) is 0 Å². The molecule has 1 aromatic carbocycles. The van der Waals surface area contributed by atoms with E-state index in [0.717, 1.165) is 12.0 Å². The molecular weight excluding hydrogens is 212 g/mol. The van der Waals surface area contributed by atoms with Crippen LogP contribution < -0.4 is 0 Å². The van der Waals surface area contributed by atoms with Crippen LogP contribution in [-0.4, -0.2) is 16.5 Å². The first-order valence-corrected chi connectivity index (χ1v) is 6.39. The highest BCUT2D eigenvalue weighted by atomic mass is 16.3. The fraction of sp³-hybridized carbons (Fsp3) is 0.533. The van der Waals surface area contributed by atoms with Gasteiger partial charge in [0, 0.05) is 6.42 Å². The molecule has 0 heterocycles. The maximum atomic E-state index is 12.0. The average Bonchev–Trinajstić information content (AvgIpc) is 2.38. The number of aliphatic hydroxyl groups is 1. The van der Waals surface area contributed by atoms with Crippen molar-refractivity contribution in [3.05, 3.63) is 35.4 Å². The van der Waals surface area contributed by atoms with Crippen LogP contribution in [0.25, 0.3) is 0 Å². The van der Waals surface area contributed by atoms with E-state index in [1.54, 1.807) is 0 Å². The highest BCUT2D eigenvalue weighted by Crippen LogP contribution is 2.18. The lowest BCUT2D eigenvalue weighted by Gasteiger charge is -2.23. The first-order chi connectivity index (χ1) is 8.05. The number of carbonyl (C=O) groups is 1. The smallest absolute Gasteiger partial charge is 0.168 e. The molecule has 1 rings (SSSR count). The second kappa shape index (κ2) is 5.97. The second-order valence-corrected chi connectivity index (χ2v) is 4.51. The van der Waals surface area contributed by atoms with Crippen LogP contribution in [0.2, 0.25) is 0 Å². The van der Waals surface area contributed by atoms with Gasteiger partial charge in [0.05, 0.1) is 0 Å². The first-order valence-electron chi connectivity index (χ1n) is 6.39. The van der Waals surface area contributed by atoms with Crippen LogP contribution in [-0.2, 0) is 17.6 Å². The summed E-state index contributed by atoms with van der Waals surface area (Å²) >= 11 is 0. The third kappa shape index (κ3) is 3.40. The Kier molecular flexibility index (Phi) is 4.88. The van der Waals surface area contributed by atoms with Crippen molar-refractivity contribution < 1.29 is 9.90 Å². The largest absolute Gasteiger partial charge is 0.382 e. The minimum atomic E-state index is -1.15. The van der Waals surface area contributed by atoms with Crippen LogP contribution in [0.4, 0.5) is 0 Å². The maximum Gasteiger partial charge on any atom is 0.168 e. The average molecular weight is 234 g/mol. The Labute approximate surface area is 104 Å². The van der Waals surface area contributed by atoms with Crippen molar-refractivity contribution in [2.45, 2.75) is 52.1 Å². The summed E-state index contributed by atoms with van der Waals surface area (Å²) in [6.45, 7) is 5.80. The number of ketones is 1. The molecule has 0 saturated carbocycles. The standard InChI is InChI=1S/C15H22O2/c1-4-12-7-9-13(10-8-12)11-14(16)15(17,5-2)6-3/h7-10,17H,4-6,11H2,1-3H3. The minimum Gasteiger partial charge on any atom is -0.382 e. The van der Waals surface area contributed by atoms with Gasteiger partial charge in [-0.2, -0.15) is 0 Å². The Hall–Kier alpha value is -1.15. The van der Waals surface area contributed by atoms with Crippen LogP contribution >= 0.6 is 0 Å². The molecule has 0 saturated heterocycles. The molecule has 0 aromatic heterocycles. The van der Waals surface area contributed by atoms with Crippen LogP contribution in [0.15, 0.2) is 24.3 Å². The van der Waals surface area contributed by atoms with Crippen LogP contribution in [0.5, 0.6) is 0 Å². The van der Waals surface area contributed by atoms with E-state index in [-0.39, 0.29) is 5.78 Å². The topological polar surface area (TPSA) is 37.3 Å². The van der Waals surface area contributed by atoms with Gasteiger partial charge in [-0.1, -0.05) is 45.0 Å². The van der Waals surface area contributed by atoms with Gasteiger partial charge >= 0.3 is 0 Å². The summed E-state index contributed by atoms with van der Waals surface area (Å²) in [4.78, 5) is 12.0. The second-order valence-electron chi connectivity index (χ2n) is 4.51. The lowest BCUT2D eigenvalue weighted by Crippen LogP contribution is -2.38. The molecule has 0 spiro atoms.